The number of anilines is 1. The first-order valence-electron chi connectivity index (χ1n) is 5.62. The molecule has 0 heterocycles. The molecule has 0 saturated carbocycles. The number of hydrogen-bond acceptors (Lipinski definition) is 4. The van der Waals surface area contributed by atoms with Crippen molar-refractivity contribution in [2.75, 3.05) is 5.32 Å². The number of carbonyl (C=O) groups excluding carboxylic acids is 1. The fraction of sp³-hybridized carbons (Fsp3) is 0.250. The number of nitrogens with one attached hydrogen (secondary N) is 1. The molecule has 0 aromatic heterocycles. The maximum atomic E-state index is 11.7. The van der Waals surface area contributed by atoms with Crippen LogP contribution < -0.4 is 11.1 Å². The zero-order valence-corrected chi connectivity index (χ0v) is 11.1. The summed E-state index contributed by atoms with van der Waals surface area (Å²) in [6.07, 6.45) is -0.240. The highest BCUT2D eigenvalue weighted by Gasteiger charge is 2.16. The Morgan fingerprint density at radius 2 is 1.95 bits per heavy atom. The van der Waals surface area contributed by atoms with E-state index in [-0.39, 0.29) is 29.1 Å². The van der Waals surface area contributed by atoms with Crippen LogP contribution in [0.2, 0.25) is 5.02 Å². The van der Waals surface area contributed by atoms with Crippen LogP contribution in [0.15, 0.2) is 18.2 Å². The summed E-state index contributed by atoms with van der Waals surface area (Å²) in [7, 11) is 0. The molecule has 1 unspecified atom stereocenters. The van der Waals surface area contributed by atoms with Gasteiger partial charge in [0.15, 0.2) is 0 Å². The lowest BCUT2D eigenvalue weighted by atomic mass is 10.1. The largest absolute Gasteiger partial charge is 0.481 e. The molecule has 0 aliphatic rings. The molecule has 0 spiro atoms. The van der Waals surface area contributed by atoms with Crippen LogP contribution in [0.3, 0.4) is 0 Å². The number of carboxylic acids is 2. The Bertz CT molecular complexity index is 547. The highest BCUT2D eigenvalue weighted by Crippen LogP contribution is 2.20. The van der Waals surface area contributed by atoms with Gasteiger partial charge in [-0.1, -0.05) is 11.6 Å². The van der Waals surface area contributed by atoms with E-state index in [1.165, 1.54) is 18.2 Å². The third-order valence-electron chi connectivity index (χ3n) is 2.47. The van der Waals surface area contributed by atoms with E-state index in [9.17, 15) is 14.4 Å². The van der Waals surface area contributed by atoms with E-state index < -0.39 is 23.9 Å². The van der Waals surface area contributed by atoms with Crippen LogP contribution in [0.1, 0.15) is 23.2 Å². The van der Waals surface area contributed by atoms with E-state index >= 15 is 0 Å². The maximum absolute atomic E-state index is 11.7. The highest BCUT2D eigenvalue weighted by atomic mass is 35.5. The number of amides is 1. The Hall–Kier alpha value is -2.12. The molecule has 1 rings (SSSR count). The molecule has 1 aromatic rings. The summed E-state index contributed by atoms with van der Waals surface area (Å²) in [5.41, 5.74) is 5.60. The van der Waals surface area contributed by atoms with Gasteiger partial charge in [0.25, 0.3) is 0 Å². The second-order valence-electron chi connectivity index (χ2n) is 4.03. The lowest BCUT2D eigenvalue weighted by molar-refractivity contribution is -0.137. The van der Waals surface area contributed by atoms with Gasteiger partial charge in [-0.15, -0.1) is 0 Å². The third-order valence-corrected chi connectivity index (χ3v) is 2.80. The SMILES string of the molecule is NC(CCC(=O)O)C(=O)Nc1ccc(Cl)c(C(=O)O)c1. The minimum Gasteiger partial charge on any atom is -0.481 e. The molecule has 1 aromatic carbocycles. The van der Waals surface area contributed by atoms with Crippen LogP contribution in [-0.2, 0) is 9.59 Å². The second kappa shape index (κ2) is 6.88. The van der Waals surface area contributed by atoms with Crippen LogP contribution in [0, 0.1) is 0 Å². The first-order valence-corrected chi connectivity index (χ1v) is 6.00. The zero-order chi connectivity index (χ0) is 15.3. The van der Waals surface area contributed by atoms with Crippen molar-refractivity contribution in [1.82, 2.24) is 0 Å². The molecule has 0 saturated heterocycles. The number of benzene rings is 1. The molecule has 1 atom stereocenters. The molecule has 0 radical (unpaired) electrons. The Morgan fingerprint density at radius 3 is 2.50 bits per heavy atom. The zero-order valence-electron chi connectivity index (χ0n) is 10.3. The van der Waals surface area contributed by atoms with Crippen molar-refractivity contribution in [3.8, 4) is 0 Å². The molecule has 0 fully saturated rings. The summed E-state index contributed by atoms with van der Waals surface area (Å²) in [5.74, 6) is -2.86. The number of rotatable bonds is 6. The summed E-state index contributed by atoms with van der Waals surface area (Å²) in [6.45, 7) is 0. The summed E-state index contributed by atoms with van der Waals surface area (Å²) >= 11 is 5.69. The normalized spacial score (nSPS) is 11.7. The molecule has 0 aliphatic heterocycles. The Balaban J connectivity index is 2.73. The highest BCUT2D eigenvalue weighted by molar-refractivity contribution is 6.33. The van der Waals surface area contributed by atoms with Crippen LogP contribution in [-0.4, -0.2) is 34.1 Å². The number of aliphatic carboxylic acids is 1. The smallest absolute Gasteiger partial charge is 0.337 e. The average Bonchev–Trinajstić information content (AvgIpc) is 2.37. The summed E-state index contributed by atoms with van der Waals surface area (Å²) in [4.78, 5) is 32.9. The van der Waals surface area contributed by atoms with Gasteiger partial charge in [0, 0.05) is 12.1 Å². The van der Waals surface area contributed by atoms with Crippen molar-refractivity contribution in [2.45, 2.75) is 18.9 Å². The van der Waals surface area contributed by atoms with Crippen molar-refractivity contribution in [3.05, 3.63) is 28.8 Å². The average molecular weight is 301 g/mol. The van der Waals surface area contributed by atoms with Crippen LogP contribution in [0.4, 0.5) is 5.69 Å². The van der Waals surface area contributed by atoms with Gasteiger partial charge in [0.05, 0.1) is 16.6 Å². The van der Waals surface area contributed by atoms with Crippen LogP contribution in [0.25, 0.3) is 0 Å². The van der Waals surface area contributed by atoms with Gasteiger partial charge in [-0.25, -0.2) is 4.79 Å². The second-order valence-corrected chi connectivity index (χ2v) is 4.44. The molecule has 0 bridgehead atoms. The van der Waals surface area contributed by atoms with Gasteiger partial charge >= 0.3 is 11.9 Å². The number of carbonyl (C=O) groups is 3. The monoisotopic (exact) mass is 300 g/mol. The Morgan fingerprint density at radius 1 is 1.30 bits per heavy atom. The standard InChI is InChI=1S/C12H13ClN2O5/c13-8-2-1-6(5-7(8)12(19)20)15-11(18)9(14)3-4-10(16)17/h1-2,5,9H,3-4,14H2,(H,15,18)(H,16,17)(H,19,20). The molecule has 5 N–H and O–H groups in total. The predicted molar refractivity (Wildman–Crippen MR) is 71.9 cm³/mol. The number of nitrogens with two attached hydrogens (primary N) is 1. The number of halogens is 1. The van der Waals surface area contributed by atoms with E-state index in [1.807, 2.05) is 0 Å². The summed E-state index contributed by atoms with van der Waals surface area (Å²) in [6, 6.07) is 2.97. The number of aromatic carboxylic acids is 1. The van der Waals surface area contributed by atoms with Crippen molar-refractivity contribution in [3.63, 3.8) is 0 Å². The molecule has 20 heavy (non-hydrogen) atoms. The van der Waals surface area contributed by atoms with Crippen LogP contribution in [0.5, 0.6) is 0 Å². The fourth-order valence-electron chi connectivity index (χ4n) is 1.41. The van der Waals surface area contributed by atoms with E-state index in [4.69, 9.17) is 27.5 Å². The molecular formula is C12H13ClN2O5. The van der Waals surface area contributed by atoms with E-state index in [2.05, 4.69) is 5.32 Å². The molecular weight excluding hydrogens is 288 g/mol. The fourth-order valence-corrected chi connectivity index (χ4v) is 1.61. The van der Waals surface area contributed by atoms with Gasteiger partial charge in [0.1, 0.15) is 0 Å². The van der Waals surface area contributed by atoms with E-state index in [0.717, 1.165) is 0 Å². The summed E-state index contributed by atoms with van der Waals surface area (Å²) in [5, 5.41) is 19.8. The molecule has 8 heteroatoms. The van der Waals surface area contributed by atoms with Crippen LogP contribution >= 0.6 is 11.6 Å². The van der Waals surface area contributed by atoms with Gasteiger partial charge < -0.3 is 21.3 Å². The van der Waals surface area contributed by atoms with Gasteiger partial charge in [-0.05, 0) is 24.6 Å². The first-order chi connectivity index (χ1) is 9.31. The van der Waals surface area contributed by atoms with Crippen molar-refractivity contribution >= 4 is 35.1 Å². The lowest BCUT2D eigenvalue weighted by Crippen LogP contribution is -2.36. The van der Waals surface area contributed by atoms with E-state index in [1.54, 1.807) is 0 Å². The maximum Gasteiger partial charge on any atom is 0.337 e. The van der Waals surface area contributed by atoms with Crippen molar-refractivity contribution < 1.29 is 24.6 Å². The predicted octanol–water partition coefficient (Wildman–Crippen LogP) is 1.17. The Kier molecular flexibility index (Phi) is 5.48. The van der Waals surface area contributed by atoms with Gasteiger partial charge in [0.2, 0.25) is 5.91 Å². The molecule has 1 amide bonds. The lowest BCUT2D eigenvalue weighted by Gasteiger charge is -2.12. The van der Waals surface area contributed by atoms with Gasteiger partial charge in [-0.3, -0.25) is 9.59 Å². The van der Waals surface area contributed by atoms with E-state index in [0.29, 0.717) is 0 Å². The molecule has 0 aliphatic carbocycles. The third kappa shape index (κ3) is 4.52. The minimum absolute atomic E-state index is 0.0133. The Labute approximate surface area is 119 Å². The topological polar surface area (TPSA) is 130 Å². The first kappa shape index (κ1) is 15.9. The van der Waals surface area contributed by atoms with Crippen molar-refractivity contribution in [1.29, 1.82) is 0 Å². The molecule has 108 valence electrons. The quantitative estimate of drug-likeness (QED) is 0.624. The summed E-state index contributed by atoms with van der Waals surface area (Å²) < 4.78 is 0. The van der Waals surface area contributed by atoms with Gasteiger partial charge in [-0.2, -0.15) is 0 Å². The molecule has 7 nitrogen and oxygen atoms in total. The minimum atomic E-state index is -1.22. The number of hydrogen-bond donors (Lipinski definition) is 4. The van der Waals surface area contributed by atoms with Crippen molar-refractivity contribution in [2.24, 2.45) is 5.73 Å². The number of carboxylic acid groups (broad SMARTS) is 2.